The second-order valence-corrected chi connectivity index (χ2v) is 8.55. The average Bonchev–Trinajstić information content (AvgIpc) is 3.19. The van der Waals surface area contributed by atoms with E-state index in [-0.39, 0.29) is 5.92 Å². The molecule has 0 saturated heterocycles. The summed E-state index contributed by atoms with van der Waals surface area (Å²) in [4.78, 5) is 9.36. The normalized spacial score (nSPS) is 11.3. The van der Waals surface area contributed by atoms with Crippen LogP contribution in [-0.2, 0) is 0 Å². The molecule has 0 spiro atoms. The van der Waals surface area contributed by atoms with E-state index in [1.54, 1.807) is 6.07 Å². The third-order valence-corrected chi connectivity index (χ3v) is 6.01. The highest BCUT2D eigenvalue weighted by molar-refractivity contribution is 9.10. The third kappa shape index (κ3) is 3.28. The summed E-state index contributed by atoms with van der Waals surface area (Å²) < 4.78 is 2.67. The summed E-state index contributed by atoms with van der Waals surface area (Å²) in [6.07, 6.45) is 3.69. The van der Waals surface area contributed by atoms with E-state index in [1.807, 2.05) is 53.5 Å². The van der Waals surface area contributed by atoms with Gasteiger partial charge in [-0.3, -0.25) is 9.97 Å². The molecule has 3 aromatic heterocycles. The van der Waals surface area contributed by atoms with Crippen molar-refractivity contribution < 1.29 is 0 Å². The van der Waals surface area contributed by atoms with Gasteiger partial charge >= 0.3 is 0 Å². The number of fused-ring (bicyclic) bond motifs is 2. The molecule has 5 nitrogen and oxygen atoms in total. The fourth-order valence-electron chi connectivity index (χ4n) is 3.84. The lowest BCUT2D eigenvalue weighted by Gasteiger charge is -2.08. The van der Waals surface area contributed by atoms with Crippen molar-refractivity contribution in [2.45, 2.75) is 19.8 Å². The first-order chi connectivity index (χ1) is 15.1. The fraction of sp³-hybridized carbons (Fsp3) is 0.120. The van der Waals surface area contributed by atoms with Crippen LogP contribution in [0.1, 0.15) is 31.0 Å². The molecule has 2 aromatic carbocycles. The molecule has 0 N–H and O–H groups in total. The molecule has 31 heavy (non-hydrogen) atoms. The van der Waals surface area contributed by atoms with E-state index in [0.717, 1.165) is 48.9 Å². The largest absolute Gasteiger partial charge is 0.256 e. The molecule has 0 atom stereocenters. The van der Waals surface area contributed by atoms with Crippen LogP contribution in [0.5, 0.6) is 0 Å². The first kappa shape index (κ1) is 19.4. The topological polar surface area (TPSA) is 67.4 Å². The number of nitrogens with zero attached hydrogens (tertiary/aromatic N) is 5. The number of pyridine rings is 2. The zero-order valence-corrected chi connectivity index (χ0v) is 18.6. The summed E-state index contributed by atoms with van der Waals surface area (Å²) in [5.41, 5.74) is 6.22. The number of rotatable bonds is 3. The molecular weight excluding hydrogens is 450 g/mol. The number of hydrogen-bond donors (Lipinski definition) is 0. The minimum absolute atomic E-state index is 0.210. The van der Waals surface area contributed by atoms with E-state index < -0.39 is 0 Å². The van der Waals surface area contributed by atoms with Crippen molar-refractivity contribution >= 4 is 37.7 Å². The molecule has 150 valence electrons. The molecule has 0 aliphatic heterocycles. The molecule has 0 unspecified atom stereocenters. The molecule has 0 aliphatic rings. The summed E-state index contributed by atoms with van der Waals surface area (Å²) in [7, 11) is 0. The van der Waals surface area contributed by atoms with Crippen molar-refractivity contribution in [3.05, 3.63) is 82.7 Å². The van der Waals surface area contributed by atoms with Crippen molar-refractivity contribution in [2.24, 2.45) is 0 Å². The van der Waals surface area contributed by atoms with Crippen molar-refractivity contribution in [3.63, 3.8) is 0 Å². The number of hydrogen-bond acceptors (Lipinski definition) is 4. The lowest BCUT2D eigenvalue weighted by Crippen LogP contribution is -1.98. The molecule has 0 amide bonds. The molecule has 0 aliphatic carbocycles. The second-order valence-electron chi connectivity index (χ2n) is 7.70. The van der Waals surface area contributed by atoms with Gasteiger partial charge in [0, 0.05) is 27.8 Å². The quantitative estimate of drug-likeness (QED) is 0.308. The molecule has 0 saturated carbocycles. The van der Waals surface area contributed by atoms with E-state index in [9.17, 15) is 5.26 Å². The van der Waals surface area contributed by atoms with E-state index in [2.05, 4.69) is 53.0 Å². The Labute approximate surface area is 188 Å². The fourth-order valence-corrected chi connectivity index (χ4v) is 4.29. The van der Waals surface area contributed by atoms with Crippen LogP contribution < -0.4 is 0 Å². The average molecular weight is 468 g/mol. The van der Waals surface area contributed by atoms with Gasteiger partial charge in [0.15, 0.2) is 0 Å². The highest BCUT2D eigenvalue weighted by Crippen LogP contribution is 2.35. The first-order valence-corrected chi connectivity index (χ1v) is 10.8. The van der Waals surface area contributed by atoms with Gasteiger partial charge in [-0.2, -0.15) is 10.4 Å². The lowest BCUT2D eigenvalue weighted by molar-refractivity contribution is 0.778. The Morgan fingerprint density at radius 3 is 2.65 bits per heavy atom. The summed E-state index contributed by atoms with van der Waals surface area (Å²) >= 11 is 3.49. The SMILES string of the molecule is CC(C)c1nn(-c2ccc(C#N)c(Br)c2)c2ccnc(-c3cnc4ccccc4c3)c12. The van der Waals surface area contributed by atoms with Gasteiger partial charge in [-0.1, -0.05) is 32.0 Å². The van der Waals surface area contributed by atoms with Crippen LogP contribution in [0.4, 0.5) is 0 Å². The Bertz CT molecular complexity index is 1490. The zero-order valence-electron chi connectivity index (χ0n) is 17.0. The molecule has 0 bridgehead atoms. The maximum absolute atomic E-state index is 9.25. The number of nitriles is 1. The molecule has 5 rings (SSSR count). The standard InChI is InChI=1S/C25H18BrN5/c1-15(2)24-23-22(31(30-24)19-8-7-17(13-27)20(26)12-19)9-10-28-25(23)18-11-16-5-3-4-6-21(16)29-14-18/h3-12,14-15H,1-2H3. The van der Waals surface area contributed by atoms with Crippen molar-refractivity contribution in [3.8, 4) is 23.0 Å². The third-order valence-electron chi connectivity index (χ3n) is 5.35. The van der Waals surface area contributed by atoms with Crippen molar-refractivity contribution in [1.82, 2.24) is 19.7 Å². The Morgan fingerprint density at radius 2 is 1.87 bits per heavy atom. The maximum Gasteiger partial charge on any atom is 0.100 e. The Kier molecular flexibility index (Phi) is 4.76. The molecule has 6 heteroatoms. The predicted octanol–water partition coefficient (Wildman–Crippen LogP) is 6.39. The van der Waals surface area contributed by atoms with Crippen LogP contribution in [0, 0.1) is 11.3 Å². The molecule has 0 fully saturated rings. The van der Waals surface area contributed by atoms with Crippen molar-refractivity contribution in [1.29, 1.82) is 5.26 Å². The number of halogens is 1. The minimum atomic E-state index is 0.210. The minimum Gasteiger partial charge on any atom is -0.256 e. The first-order valence-electron chi connectivity index (χ1n) is 9.99. The number of para-hydroxylation sites is 1. The summed E-state index contributed by atoms with van der Waals surface area (Å²) in [5.74, 6) is 0.210. The highest BCUT2D eigenvalue weighted by atomic mass is 79.9. The van der Waals surface area contributed by atoms with Crippen LogP contribution in [0.2, 0.25) is 0 Å². The highest BCUT2D eigenvalue weighted by Gasteiger charge is 2.20. The molecular formula is C25H18BrN5. The predicted molar refractivity (Wildman–Crippen MR) is 126 cm³/mol. The molecule has 3 heterocycles. The monoisotopic (exact) mass is 467 g/mol. The van der Waals surface area contributed by atoms with Crippen LogP contribution in [0.15, 0.2) is 71.5 Å². The van der Waals surface area contributed by atoms with Crippen LogP contribution in [-0.4, -0.2) is 19.7 Å². The van der Waals surface area contributed by atoms with Gasteiger partial charge in [-0.05, 0) is 58.2 Å². The lowest BCUT2D eigenvalue weighted by atomic mass is 10.0. The Balaban J connectivity index is 1.78. The van der Waals surface area contributed by atoms with Crippen LogP contribution in [0.3, 0.4) is 0 Å². The Morgan fingerprint density at radius 1 is 1.03 bits per heavy atom. The maximum atomic E-state index is 9.25. The van der Waals surface area contributed by atoms with E-state index in [4.69, 9.17) is 10.1 Å². The van der Waals surface area contributed by atoms with Crippen LogP contribution in [0.25, 0.3) is 38.8 Å². The Hall–Kier alpha value is -3.56. The van der Waals surface area contributed by atoms with E-state index >= 15 is 0 Å². The van der Waals surface area contributed by atoms with Gasteiger partial charge in [-0.25, -0.2) is 4.68 Å². The van der Waals surface area contributed by atoms with Gasteiger partial charge < -0.3 is 0 Å². The van der Waals surface area contributed by atoms with E-state index in [1.165, 1.54) is 0 Å². The van der Waals surface area contributed by atoms with E-state index in [0.29, 0.717) is 5.56 Å². The summed E-state index contributed by atoms with van der Waals surface area (Å²) in [6, 6.07) is 20.0. The number of benzene rings is 2. The van der Waals surface area contributed by atoms with Gasteiger partial charge in [0.1, 0.15) is 6.07 Å². The van der Waals surface area contributed by atoms with Crippen molar-refractivity contribution in [2.75, 3.05) is 0 Å². The zero-order chi connectivity index (χ0) is 21.5. The molecule has 0 radical (unpaired) electrons. The number of aromatic nitrogens is 4. The smallest absolute Gasteiger partial charge is 0.100 e. The van der Waals surface area contributed by atoms with Gasteiger partial charge in [-0.15, -0.1) is 0 Å². The van der Waals surface area contributed by atoms with Gasteiger partial charge in [0.2, 0.25) is 0 Å². The van der Waals surface area contributed by atoms with Gasteiger partial charge in [0.05, 0.1) is 39.1 Å². The summed E-state index contributed by atoms with van der Waals surface area (Å²) in [6.45, 7) is 4.27. The molecule has 5 aromatic rings. The van der Waals surface area contributed by atoms with Crippen LogP contribution >= 0.6 is 15.9 Å². The summed E-state index contributed by atoms with van der Waals surface area (Å²) in [5, 5.41) is 16.3. The second kappa shape index (κ2) is 7.60. The van der Waals surface area contributed by atoms with Gasteiger partial charge in [0.25, 0.3) is 0 Å².